The fraction of sp³-hybridized carbons (Fsp3) is 0.467. The van der Waals surface area contributed by atoms with Gasteiger partial charge in [-0.15, -0.1) is 0 Å². The Balaban J connectivity index is 1.09. The first-order valence-electron chi connectivity index (χ1n) is 15.1. The summed E-state index contributed by atoms with van der Waals surface area (Å²) < 4.78 is 30.8. The zero-order valence-corrected chi connectivity index (χ0v) is 27.0. The van der Waals surface area contributed by atoms with Gasteiger partial charge in [0.1, 0.15) is 0 Å². The normalized spacial score (nSPS) is 17.7. The highest BCUT2D eigenvalue weighted by Gasteiger charge is 2.31. The van der Waals surface area contributed by atoms with E-state index in [2.05, 4.69) is 62.2 Å². The van der Waals surface area contributed by atoms with Crippen molar-refractivity contribution in [1.82, 2.24) is 43.4 Å². The van der Waals surface area contributed by atoms with Crippen LogP contribution in [-0.4, -0.2) is 104 Å². The van der Waals surface area contributed by atoms with Gasteiger partial charge >= 0.3 is 0 Å². The van der Waals surface area contributed by atoms with E-state index in [-0.39, 0.29) is 11.1 Å². The molecule has 44 heavy (non-hydrogen) atoms. The van der Waals surface area contributed by atoms with Crippen molar-refractivity contribution in [2.24, 2.45) is 7.05 Å². The number of nitrogens with one attached hydrogen (secondary N) is 1. The Bertz CT molecular complexity index is 1710. The molecule has 1 N–H and O–H groups in total. The highest BCUT2D eigenvalue weighted by molar-refractivity contribution is 7.89. The van der Waals surface area contributed by atoms with Crippen LogP contribution in [0.25, 0.3) is 16.9 Å². The van der Waals surface area contributed by atoms with E-state index in [0.717, 1.165) is 56.1 Å². The second-order valence-electron chi connectivity index (χ2n) is 11.6. The van der Waals surface area contributed by atoms with Crippen molar-refractivity contribution in [1.29, 1.82) is 0 Å². The molecule has 1 aromatic carbocycles. The maximum absolute atomic E-state index is 12.9. The molecule has 3 aromatic heterocycles. The molecule has 2 aliphatic rings. The zero-order valence-electron chi connectivity index (χ0n) is 25.4. The molecular formula is C30H39ClN10O2S. The smallest absolute Gasteiger partial charge is 0.262 e. The molecule has 0 amide bonds. The van der Waals surface area contributed by atoms with E-state index >= 15 is 0 Å². The van der Waals surface area contributed by atoms with E-state index in [1.165, 1.54) is 22.4 Å². The topological polar surface area (TPSA) is 117 Å². The van der Waals surface area contributed by atoms with Gasteiger partial charge in [-0.3, -0.25) is 4.90 Å². The predicted octanol–water partition coefficient (Wildman–Crippen LogP) is 3.43. The highest BCUT2D eigenvalue weighted by atomic mass is 35.5. The average Bonchev–Trinajstić information content (AvgIpc) is 3.69. The fourth-order valence-corrected chi connectivity index (χ4v) is 7.52. The van der Waals surface area contributed by atoms with Crippen LogP contribution in [0.2, 0.25) is 5.02 Å². The standard InChI is InChI=1S/C30H39ClN10O2S/c1-4-38-11-13-39(14-12-38)18-23-5-6-27(22(2)15-23)41-19-24(16-34-41)29-26(31)17-32-30(36-29)35-25-7-9-40(10-8-25)44(42,43)28-20-37(3)21-33-28/h5-6,15-17,19-21,25H,4,7-14,18H2,1-3H3,(H,32,35,36). The van der Waals surface area contributed by atoms with E-state index in [1.807, 2.05) is 10.9 Å². The van der Waals surface area contributed by atoms with Crippen LogP contribution >= 0.6 is 11.6 Å². The third-order valence-electron chi connectivity index (χ3n) is 8.50. The molecule has 0 saturated carbocycles. The summed E-state index contributed by atoms with van der Waals surface area (Å²) in [6.07, 6.45) is 9.55. The van der Waals surface area contributed by atoms with Gasteiger partial charge in [-0.25, -0.2) is 28.1 Å². The van der Waals surface area contributed by atoms with Crippen LogP contribution in [0.1, 0.15) is 30.9 Å². The summed E-state index contributed by atoms with van der Waals surface area (Å²) in [5, 5.41) is 8.50. The quantitative estimate of drug-likeness (QED) is 0.294. The predicted molar refractivity (Wildman–Crippen MR) is 170 cm³/mol. The minimum absolute atomic E-state index is 0.0265. The number of imidazole rings is 1. The van der Waals surface area contributed by atoms with Crippen molar-refractivity contribution >= 4 is 27.6 Å². The lowest BCUT2D eigenvalue weighted by Gasteiger charge is -2.34. The number of nitrogens with zero attached hydrogens (tertiary/aromatic N) is 9. The minimum Gasteiger partial charge on any atom is -0.351 e. The first-order valence-corrected chi connectivity index (χ1v) is 16.9. The number of piperazine rings is 1. The van der Waals surface area contributed by atoms with Crippen molar-refractivity contribution in [2.45, 2.75) is 44.3 Å². The molecule has 4 aromatic rings. The summed E-state index contributed by atoms with van der Waals surface area (Å²) in [5.41, 5.74) is 4.84. The first kappa shape index (κ1) is 30.7. The maximum Gasteiger partial charge on any atom is 0.262 e. The van der Waals surface area contributed by atoms with Crippen LogP contribution in [-0.2, 0) is 23.6 Å². The van der Waals surface area contributed by atoms with Gasteiger partial charge in [0.15, 0.2) is 5.03 Å². The number of anilines is 1. The van der Waals surface area contributed by atoms with Crippen molar-refractivity contribution < 1.29 is 8.42 Å². The fourth-order valence-electron chi connectivity index (χ4n) is 5.89. The van der Waals surface area contributed by atoms with E-state index < -0.39 is 10.0 Å². The van der Waals surface area contributed by atoms with E-state index in [9.17, 15) is 8.42 Å². The van der Waals surface area contributed by atoms with Crippen LogP contribution < -0.4 is 5.32 Å². The Labute approximate surface area is 263 Å². The van der Waals surface area contributed by atoms with Gasteiger partial charge in [0.2, 0.25) is 5.95 Å². The molecule has 234 valence electrons. The number of aromatic nitrogens is 6. The van der Waals surface area contributed by atoms with E-state index in [4.69, 9.17) is 16.6 Å². The second kappa shape index (κ2) is 12.9. The lowest BCUT2D eigenvalue weighted by molar-refractivity contribution is 0.132. The minimum atomic E-state index is -3.61. The summed E-state index contributed by atoms with van der Waals surface area (Å²) in [6, 6.07) is 6.58. The highest BCUT2D eigenvalue weighted by Crippen LogP contribution is 2.28. The molecule has 0 aliphatic carbocycles. The first-order chi connectivity index (χ1) is 21.2. The van der Waals surface area contributed by atoms with Crippen molar-refractivity contribution in [3.63, 3.8) is 0 Å². The monoisotopic (exact) mass is 638 g/mol. The lowest BCUT2D eigenvalue weighted by Crippen LogP contribution is -2.45. The van der Waals surface area contributed by atoms with Crippen molar-refractivity contribution in [2.75, 3.05) is 51.1 Å². The van der Waals surface area contributed by atoms with Crippen LogP contribution in [0.3, 0.4) is 0 Å². The second-order valence-corrected chi connectivity index (χ2v) is 13.9. The Morgan fingerprint density at radius 3 is 2.43 bits per heavy atom. The molecule has 5 heterocycles. The number of hydrogen-bond donors (Lipinski definition) is 1. The van der Waals surface area contributed by atoms with Crippen LogP contribution in [0.4, 0.5) is 5.95 Å². The number of rotatable bonds is 9. The largest absolute Gasteiger partial charge is 0.351 e. The molecule has 14 heteroatoms. The van der Waals surface area contributed by atoms with Crippen LogP contribution in [0.15, 0.2) is 54.3 Å². The molecule has 6 rings (SSSR count). The zero-order chi connectivity index (χ0) is 30.8. The van der Waals surface area contributed by atoms with Gasteiger partial charge in [-0.05, 0) is 43.5 Å². The van der Waals surface area contributed by atoms with Crippen molar-refractivity contribution in [3.8, 4) is 16.9 Å². The number of halogens is 1. The molecule has 0 spiro atoms. The van der Waals surface area contributed by atoms with Gasteiger partial charge in [-0.2, -0.15) is 9.40 Å². The lowest BCUT2D eigenvalue weighted by atomic mass is 10.1. The number of likely N-dealkylation sites (N-methyl/N-ethyl adjacent to an activating group) is 1. The summed E-state index contributed by atoms with van der Waals surface area (Å²) in [7, 11) is -1.86. The summed E-state index contributed by atoms with van der Waals surface area (Å²) in [6.45, 7) is 11.6. The molecule has 2 aliphatic heterocycles. The molecule has 0 radical (unpaired) electrons. The van der Waals surface area contributed by atoms with Crippen LogP contribution in [0.5, 0.6) is 0 Å². The molecule has 0 bridgehead atoms. The number of sulfonamides is 1. The van der Waals surface area contributed by atoms with E-state index in [0.29, 0.717) is 42.6 Å². The Morgan fingerprint density at radius 2 is 1.75 bits per heavy atom. The van der Waals surface area contributed by atoms with Gasteiger partial charge < -0.3 is 14.8 Å². The number of benzene rings is 1. The molecule has 2 fully saturated rings. The van der Waals surface area contributed by atoms with Gasteiger partial charge in [0.25, 0.3) is 10.0 Å². The average molecular weight is 639 g/mol. The third-order valence-corrected chi connectivity index (χ3v) is 10.6. The number of aryl methyl sites for hydroxylation is 2. The number of hydrogen-bond acceptors (Lipinski definition) is 9. The Kier molecular flexibility index (Phi) is 9.01. The van der Waals surface area contributed by atoms with Gasteiger partial charge in [0, 0.05) is 76.9 Å². The number of piperidine rings is 1. The van der Waals surface area contributed by atoms with Gasteiger partial charge in [-0.1, -0.05) is 30.7 Å². The maximum atomic E-state index is 12.9. The third kappa shape index (κ3) is 6.66. The molecule has 0 unspecified atom stereocenters. The van der Waals surface area contributed by atoms with Crippen LogP contribution in [0, 0.1) is 6.92 Å². The Hall–Kier alpha value is -3.36. The molecule has 2 saturated heterocycles. The van der Waals surface area contributed by atoms with Gasteiger partial charge in [0.05, 0.1) is 35.1 Å². The summed E-state index contributed by atoms with van der Waals surface area (Å²) in [4.78, 5) is 18.1. The summed E-state index contributed by atoms with van der Waals surface area (Å²) >= 11 is 6.54. The van der Waals surface area contributed by atoms with E-state index in [1.54, 1.807) is 24.0 Å². The van der Waals surface area contributed by atoms with Crippen molar-refractivity contribution in [3.05, 3.63) is 65.5 Å². The summed E-state index contributed by atoms with van der Waals surface area (Å²) in [5.74, 6) is 0.448. The molecule has 12 nitrogen and oxygen atoms in total. The molecule has 0 atom stereocenters. The molecular weight excluding hydrogens is 600 g/mol. The Morgan fingerprint density at radius 1 is 1.00 bits per heavy atom. The SMILES string of the molecule is CCN1CCN(Cc2ccc(-n3cc(-c4nc(NC5CCN(S(=O)(=O)c6cn(C)cn6)CC5)ncc4Cl)cn3)c(C)c2)CC1.